The fraction of sp³-hybridized carbons (Fsp3) is 0.0909. The van der Waals surface area contributed by atoms with Crippen molar-refractivity contribution in [2.75, 3.05) is 18.2 Å². The molecule has 0 saturated heterocycles. The van der Waals surface area contributed by atoms with Crippen LogP contribution in [0.2, 0.25) is 0 Å². The number of carbonyl (C=O) groups is 1. The summed E-state index contributed by atoms with van der Waals surface area (Å²) in [4.78, 5) is 15.5. The van der Waals surface area contributed by atoms with Crippen molar-refractivity contribution in [3.63, 3.8) is 0 Å². The zero-order valence-electron chi connectivity index (χ0n) is 9.14. The molecule has 6 heteroatoms. The number of nitrogens with two attached hydrogens (primary N) is 1. The molecule has 5 nitrogen and oxygen atoms in total. The van der Waals surface area contributed by atoms with E-state index in [1.54, 1.807) is 11.3 Å². The van der Waals surface area contributed by atoms with E-state index < -0.39 is 5.97 Å². The van der Waals surface area contributed by atoms with Gasteiger partial charge in [-0.2, -0.15) is 11.3 Å². The Kier molecular flexibility index (Phi) is 3.24. The lowest BCUT2D eigenvalue weighted by atomic mass is 10.2. The molecule has 0 bridgehead atoms. The van der Waals surface area contributed by atoms with Gasteiger partial charge >= 0.3 is 5.97 Å². The zero-order chi connectivity index (χ0) is 12.3. The van der Waals surface area contributed by atoms with Gasteiger partial charge in [-0.3, -0.25) is 0 Å². The zero-order valence-corrected chi connectivity index (χ0v) is 9.95. The number of hydrogen-bond donors (Lipinski definition) is 2. The van der Waals surface area contributed by atoms with Gasteiger partial charge < -0.3 is 15.8 Å². The fourth-order valence-electron chi connectivity index (χ4n) is 1.33. The van der Waals surface area contributed by atoms with E-state index in [-0.39, 0.29) is 5.69 Å². The van der Waals surface area contributed by atoms with Crippen molar-refractivity contribution >= 4 is 34.5 Å². The Balaban J connectivity index is 2.32. The summed E-state index contributed by atoms with van der Waals surface area (Å²) in [6.07, 6.45) is 1.51. The molecule has 0 atom stereocenters. The summed E-state index contributed by atoms with van der Waals surface area (Å²) in [7, 11) is 1.31. The van der Waals surface area contributed by atoms with Crippen molar-refractivity contribution in [3.8, 4) is 0 Å². The molecule has 0 aliphatic rings. The molecule has 0 saturated carbocycles. The summed E-state index contributed by atoms with van der Waals surface area (Å²) in [5, 5.41) is 6.89. The number of thiophene rings is 1. The number of aromatic nitrogens is 1. The molecule has 0 unspecified atom stereocenters. The van der Waals surface area contributed by atoms with Crippen LogP contribution in [0.25, 0.3) is 0 Å². The lowest BCUT2D eigenvalue weighted by Gasteiger charge is -2.09. The Morgan fingerprint density at radius 2 is 2.35 bits per heavy atom. The molecular weight excluding hydrogens is 238 g/mol. The quantitative estimate of drug-likeness (QED) is 0.816. The van der Waals surface area contributed by atoms with E-state index in [0.717, 1.165) is 5.69 Å². The largest absolute Gasteiger partial charge is 0.465 e. The van der Waals surface area contributed by atoms with Gasteiger partial charge in [-0.15, -0.1) is 0 Å². The summed E-state index contributed by atoms with van der Waals surface area (Å²) in [6, 6.07) is 3.43. The van der Waals surface area contributed by atoms with Gasteiger partial charge in [0.25, 0.3) is 0 Å². The van der Waals surface area contributed by atoms with Crippen molar-refractivity contribution in [2.45, 2.75) is 0 Å². The van der Waals surface area contributed by atoms with Crippen LogP contribution >= 0.6 is 11.3 Å². The number of pyridine rings is 1. The van der Waals surface area contributed by atoms with Gasteiger partial charge in [-0.05, 0) is 17.5 Å². The summed E-state index contributed by atoms with van der Waals surface area (Å²) < 4.78 is 4.63. The number of methoxy groups -OCH3 is 1. The van der Waals surface area contributed by atoms with Crippen LogP contribution in [-0.4, -0.2) is 18.1 Å². The highest BCUT2D eigenvalue weighted by Crippen LogP contribution is 2.25. The predicted molar refractivity (Wildman–Crippen MR) is 67.6 cm³/mol. The third-order valence-electron chi connectivity index (χ3n) is 2.18. The first kappa shape index (κ1) is 11.4. The van der Waals surface area contributed by atoms with Crippen LogP contribution in [0.15, 0.2) is 29.1 Å². The van der Waals surface area contributed by atoms with Gasteiger partial charge in [0.15, 0.2) is 5.82 Å². The van der Waals surface area contributed by atoms with E-state index in [2.05, 4.69) is 15.0 Å². The van der Waals surface area contributed by atoms with Gasteiger partial charge in [-0.1, -0.05) is 0 Å². The monoisotopic (exact) mass is 249 g/mol. The van der Waals surface area contributed by atoms with Crippen molar-refractivity contribution in [3.05, 3.63) is 34.7 Å². The van der Waals surface area contributed by atoms with E-state index in [4.69, 9.17) is 5.73 Å². The van der Waals surface area contributed by atoms with Gasteiger partial charge in [0.2, 0.25) is 0 Å². The number of nitrogen functional groups attached to an aromatic ring is 1. The lowest BCUT2D eigenvalue weighted by Crippen LogP contribution is -2.08. The minimum absolute atomic E-state index is 0.283. The smallest absolute Gasteiger partial charge is 0.340 e. The average Bonchev–Trinajstić information content (AvgIpc) is 2.84. The second-order valence-electron chi connectivity index (χ2n) is 3.25. The SMILES string of the molecule is COC(=O)c1ccnc(Nc2ccsc2)c1N. The maximum absolute atomic E-state index is 11.4. The number of rotatable bonds is 3. The molecule has 17 heavy (non-hydrogen) atoms. The number of anilines is 3. The number of esters is 1. The summed E-state index contributed by atoms with van der Waals surface area (Å²) in [6.45, 7) is 0. The highest BCUT2D eigenvalue weighted by atomic mass is 32.1. The van der Waals surface area contributed by atoms with Crippen LogP contribution < -0.4 is 11.1 Å². The number of nitrogens with zero attached hydrogens (tertiary/aromatic N) is 1. The molecule has 0 amide bonds. The van der Waals surface area contributed by atoms with Crippen LogP contribution in [-0.2, 0) is 4.74 Å². The normalized spacial score (nSPS) is 9.94. The highest BCUT2D eigenvalue weighted by Gasteiger charge is 2.13. The van der Waals surface area contributed by atoms with E-state index in [9.17, 15) is 4.79 Å². The molecular formula is C11H11N3O2S. The fourth-order valence-corrected chi connectivity index (χ4v) is 1.92. The van der Waals surface area contributed by atoms with Crippen LogP contribution in [0.5, 0.6) is 0 Å². The molecule has 2 rings (SSSR count). The van der Waals surface area contributed by atoms with Gasteiger partial charge in [-0.25, -0.2) is 9.78 Å². The van der Waals surface area contributed by atoms with Crippen molar-refractivity contribution < 1.29 is 9.53 Å². The maximum Gasteiger partial charge on any atom is 0.340 e. The number of nitrogens with one attached hydrogen (secondary N) is 1. The van der Waals surface area contributed by atoms with Gasteiger partial charge in [0.05, 0.1) is 24.0 Å². The summed E-state index contributed by atoms with van der Waals surface area (Å²) >= 11 is 1.56. The standard InChI is InChI=1S/C11H11N3O2S/c1-16-11(15)8-2-4-13-10(9(8)12)14-7-3-5-17-6-7/h2-6H,12H2,1H3,(H,13,14). The molecule has 2 aromatic rings. The predicted octanol–water partition coefficient (Wildman–Crippen LogP) is 2.26. The van der Waals surface area contributed by atoms with Crippen molar-refractivity contribution in [1.29, 1.82) is 0 Å². The first-order chi connectivity index (χ1) is 8.22. The second-order valence-corrected chi connectivity index (χ2v) is 4.03. The molecule has 0 fully saturated rings. The molecule has 0 radical (unpaired) electrons. The first-order valence-corrected chi connectivity index (χ1v) is 5.78. The Morgan fingerprint density at radius 3 is 3.00 bits per heavy atom. The molecule has 0 aliphatic heterocycles. The molecule has 2 heterocycles. The van der Waals surface area contributed by atoms with Crippen molar-refractivity contribution in [1.82, 2.24) is 4.98 Å². The van der Waals surface area contributed by atoms with Crippen molar-refractivity contribution in [2.24, 2.45) is 0 Å². The lowest BCUT2D eigenvalue weighted by molar-refractivity contribution is 0.0602. The first-order valence-electron chi connectivity index (χ1n) is 4.84. The molecule has 2 aromatic heterocycles. The maximum atomic E-state index is 11.4. The van der Waals surface area contributed by atoms with E-state index in [1.165, 1.54) is 19.4 Å². The second kappa shape index (κ2) is 4.84. The molecule has 0 aromatic carbocycles. The van der Waals surface area contributed by atoms with E-state index >= 15 is 0 Å². The Hall–Kier alpha value is -2.08. The van der Waals surface area contributed by atoms with E-state index in [1.807, 2.05) is 16.8 Å². The number of ether oxygens (including phenoxy) is 1. The minimum atomic E-state index is -0.474. The Labute approximate surface area is 102 Å². The van der Waals surface area contributed by atoms with Gasteiger partial charge in [0.1, 0.15) is 0 Å². The average molecular weight is 249 g/mol. The third kappa shape index (κ3) is 2.36. The van der Waals surface area contributed by atoms with Gasteiger partial charge in [0, 0.05) is 11.6 Å². The topological polar surface area (TPSA) is 77.2 Å². The summed E-state index contributed by atoms with van der Waals surface area (Å²) in [5.74, 6) is -0.0235. The van der Waals surface area contributed by atoms with Crippen LogP contribution in [0.4, 0.5) is 17.2 Å². The van der Waals surface area contributed by atoms with Crippen LogP contribution in [0.1, 0.15) is 10.4 Å². The number of carbonyl (C=O) groups excluding carboxylic acids is 1. The Morgan fingerprint density at radius 1 is 1.53 bits per heavy atom. The number of hydrogen-bond acceptors (Lipinski definition) is 6. The van der Waals surface area contributed by atoms with Crippen LogP contribution in [0.3, 0.4) is 0 Å². The Bertz CT molecular complexity index is 526. The van der Waals surface area contributed by atoms with E-state index in [0.29, 0.717) is 11.4 Å². The minimum Gasteiger partial charge on any atom is -0.465 e. The van der Waals surface area contributed by atoms with Crippen LogP contribution in [0, 0.1) is 0 Å². The third-order valence-corrected chi connectivity index (χ3v) is 2.86. The molecule has 3 N–H and O–H groups in total. The summed E-state index contributed by atoms with van der Waals surface area (Å²) in [5.41, 5.74) is 7.33. The molecule has 88 valence electrons. The molecule has 0 aliphatic carbocycles. The highest BCUT2D eigenvalue weighted by molar-refractivity contribution is 7.08. The molecule has 0 spiro atoms.